The van der Waals surface area contributed by atoms with Gasteiger partial charge in [0.15, 0.2) is 0 Å². The average molecular weight is 250 g/mol. The van der Waals surface area contributed by atoms with E-state index in [1.807, 2.05) is 11.8 Å². The summed E-state index contributed by atoms with van der Waals surface area (Å²) in [6.45, 7) is 9.31. The SMILES string of the molecule is CSCc1ccc(C(CC(C)C)C(C)C)cc1. The van der Waals surface area contributed by atoms with Crippen LogP contribution in [0.25, 0.3) is 0 Å². The molecule has 0 saturated carbocycles. The first kappa shape index (κ1) is 14.6. The average Bonchev–Trinajstić information content (AvgIpc) is 2.27. The molecular weight excluding hydrogens is 224 g/mol. The molecule has 0 N–H and O–H groups in total. The van der Waals surface area contributed by atoms with E-state index in [4.69, 9.17) is 0 Å². The summed E-state index contributed by atoms with van der Waals surface area (Å²) in [6, 6.07) is 9.25. The van der Waals surface area contributed by atoms with Gasteiger partial charge in [-0.05, 0) is 41.6 Å². The molecule has 0 aromatic heterocycles. The van der Waals surface area contributed by atoms with E-state index in [1.165, 1.54) is 17.5 Å². The first-order valence-corrected chi connectivity index (χ1v) is 8.01. The van der Waals surface area contributed by atoms with E-state index in [9.17, 15) is 0 Å². The maximum atomic E-state index is 2.34. The van der Waals surface area contributed by atoms with Crippen molar-refractivity contribution in [2.75, 3.05) is 6.26 Å². The number of thioether (sulfide) groups is 1. The molecule has 0 spiro atoms. The fraction of sp³-hybridized carbons (Fsp3) is 0.625. The van der Waals surface area contributed by atoms with E-state index in [-0.39, 0.29) is 0 Å². The smallest absolute Gasteiger partial charge is 0.0181 e. The molecule has 0 heterocycles. The quantitative estimate of drug-likeness (QED) is 0.657. The van der Waals surface area contributed by atoms with Crippen LogP contribution in [0.1, 0.15) is 51.2 Å². The van der Waals surface area contributed by atoms with Gasteiger partial charge in [0.05, 0.1) is 0 Å². The molecular formula is C16H26S. The summed E-state index contributed by atoms with van der Waals surface area (Å²) < 4.78 is 0. The molecule has 0 amide bonds. The summed E-state index contributed by atoms with van der Waals surface area (Å²) in [4.78, 5) is 0. The lowest BCUT2D eigenvalue weighted by atomic mass is 9.82. The predicted octanol–water partition coefficient (Wildman–Crippen LogP) is 5.34. The van der Waals surface area contributed by atoms with E-state index in [0.717, 1.165) is 17.6 Å². The summed E-state index contributed by atoms with van der Waals surface area (Å²) in [5.74, 6) is 3.33. The Morgan fingerprint density at radius 2 is 1.59 bits per heavy atom. The van der Waals surface area contributed by atoms with Crippen LogP contribution in [0.4, 0.5) is 0 Å². The lowest BCUT2D eigenvalue weighted by Gasteiger charge is -2.23. The molecule has 0 fully saturated rings. The number of benzene rings is 1. The van der Waals surface area contributed by atoms with E-state index >= 15 is 0 Å². The Labute approximate surface area is 111 Å². The van der Waals surface area contributed by atoms with Gasteiger partial charge in [-0.2, -0.15) is 11.8 Å². The van der Waals surface area contributed by atoms with Crippen molar-refractivity contribution in [1.29, 1.82) is 0 Å². The van der Waals surface area contributed by atoms with E-state index in [0.29, 0.717) is 5.92 Å². The summed E-state index contributed by atoms with van der Waals surface area (Å²) >= 11 is 1.89. The van der Waals surface area contributed by atoms with Gasteiger partial charge < -0.3 is 0 Å². The lowest BCUT2D eigenvalue weighted by molar-refractivity contribution is 0.408. The normalized spacial score (nSPS) is 13.4. The largest absolute Gasteiger partial charge is 0.161 e. The molecule has 1 aromatic carbocycles. The zero-order chi connectivity index (χ0) is 12.8. The molecule has 0 radical (unpaired) electrons. The van der Waals surface area contributed by atoms with Crippen LogP contribution >= 0.6 is 11.8 Å². The second-order valence-electron chi connectivity index (χ2n) is 5.65. The molecule has 1 aromatic rings. The van der Waals surface area contributed by atoms with Gasteiger partial charge >= 0.3 is 0 Å². The van der Waals surface area contributed by atoms with Crippen molar-refractivity contribution in [2.24, 2.45) is 11.8 Å². The summed E-state index contributed by atoms with van der Waals surface area (Å²) in [5.41, 5.74) is 2.95. The maximum Gasteiger partial charge on any atom is 0.0181 e. The van der Waals surface area contributed by atoms with E-state index in [2.05, 4.69) is 58.2 Å². The highest BCUT2D eigenvalue weighted by Crippen LogP contribution is 2.31. The van der Waals surface area contributed by atoms with Crippen LogP contribution in [0.5, 0.6) is 0 Å². The van der Waals surface area contributed by atoms with Gasteiger partial charge in [-0.25, -0.2) is 0 Å². The minimum absolute atomic E-state index is 0.707. The molecule has 0 aliphatic heterocycles. The molecule has 1 atom stereocenters. The fourth-order valence-corrected chi connectivity index (χ4v) is 2.85. The minimum Gasteiger partial charge on any atom is -0.161 e. The van der Waals surface area contributed by atoms with Crippen molar-refractivity contribution in [1.82, 2.24) is 0 Å². The van der Waals surface area contributed by atoms with Crippen LogP contribution in [0.2, 0.25) is 0 Å². The topological polar surface area (TPSA) is 0 Å². The van der Waals surface area contributed by atoms with Crippen molar-refractivity contribution >= 4 is 11.8 Å². The standard InChI is InChI=1S/C16H26S/c1-12(2)10-16(13(3)4)15-8-6-14(7-9-15)11-17-5/h6-9,12-13,16H,10-11H2,1-5H3. The van der Waals surface area contributed by atoms with Gasteiger partial charge in [0.2, 0.25) is 0 Å². The van der Waals surface area contributed by atoms with Gasteiger partial charge in [-0.15, -0.1) is 0 Å². The Morgan fingerprint density at radius 1 is 1.00 bits per heavy atom. The molecule has 0 saturated heterocycles. The Kier molecular flexibility index (Phi) is 6.11. The second kappa shape index (κ2) is 7.10. The molecule has 0 bridgehead atoms. The first-order valence-electron chi connectivity index (χ1n) is 6.62. The number of rotatable bonds is 6. The molecule has 1 rings (SSSR count). The van der Waals surface area contributed by atoms with Crippen LogP contribution in [-0.2, 0) is 5.75 Å². The molecule has 17 heavy (non-hydrogen) atoms. The van der Waals surface area contributed by atoms with Crippen molar-refractivity contribution in [2.45, 2.75) is 45.8 Å². The van der Waals surface area contributed by atoms with Crippen LogP contribution < -0.4 is 0 Å². The van der Waals surface area contributed by atoms with Crippen molar-refractivity contribution < 1.29 is 0 Å². The van der Waals surface area contributed by atoms with Gasteiger partial charge in [0, 0.05) is 5.75 Å². The Hall–Kier alpha value is -0.430. The zero-order valence-corrected chi connectivity index (χ0v) is 12.7. The third-order valence-electron chi connectivity index (χ3n) is 3.25. The van der Waals surface area contributed by atoms with Crippen LogP contribution in [-0.4, -0.2) is 6.26 Å². The highest BCUT2D eigenvalue weighted by molar-refractivity contribution is 7.97. The van der Waals surface area contributed by atoms with Gasteiger partial charge in [0.1, 0.15) is 0 Å². The monoisotopic (exact) mass is 250 g/mol. The number of hydrogen-bond acceptors (Lipinski definition) is 1. The Bertz CT molecular complexity index is 311. The van der Waals surface area contributed by atoms with Crippen LogP contribution in [0, 0.1) is 11.8 Å². The lowest BCUT2D eigenvalue weighted by Crippen LogP contribution is -2.09. The van der Waals surface area contributed by atoms with Gasteiger partial charge in [0.25, 0.3) is 0 Å². The third kappa shape index (κ3) is 4.75. The Morgan fingerprint density at radius 3 is 2.00 bits per heavy atom. The highest BCUT2D eigenvalue weighted by atomic mass is 32.2. The fourth-order valence-electron chi connectivity index (χ4n) is 2.33. The number of hydrogen-bond donors (Lipinski definition) is 0. The molecule has 96 valence electrons. The molecule has 0 aliphatic carbocycles. The van der Waals surface area contributed by atoms with Gasteiger partial charge in [-0.3, -0.25) is 0 Å². The second-order valence-corrected chi connectivity index (χ2v) is 6.52. The van der Waals surface area contributed by atoms with Crippen molar-refractivity contribution in [3.63, 3.8) is 0 Å². The zero-order valence-electron chi connectivity index (χ0n) is 11.9. The van der Waals surface area contributed by atoms with Gasteiger partial charge in [-0.1, -0.05) is 52.0 Å². The van der Waals surface area contributed by atoms with Crippen molar-refractivity contribution in [3.05, 3.63) is 35.4 Å². The predicted molar refractivity (Wildman–Crippen MR) is 80.7 cm³/mol. The minimum atomic E-state index is 0.707. The van der Waals surface area contributed by atoms with E-state index < -0.39 is 0 Å². The summed E-state index contributed by atoms with van der Waals surface area (Å²) in [6.07, 6.45) is 3.45. The molecule has 0 aliphatic rings. The van der Waals surface area contributed by atoms with Crippen LogP contribution in [0.15, 0.2) is 24.3 Å². The maximum absolute atomic E-state index is 2.34. The first-order chi connectivity index (χ1) is 8.04. The third-order valence-corrected chi connectivity index (χ3v) is 3.87. The van der Waals surface area contributed by atoms with E-state index in [1.54, 1.807) is 0 Å². The molecule has 0 nitrogen and oxygen atoms in total. The Balaban J connectivity index is 2.80. The summed E-state index contributed by atoms with van der Waals surface area (Å²) in [7, 11) is 0. The van der Waals surface area contributed by atoms with Crippen LogP contribution in [0.3, 0.4) is 0 Å². The summed E-state index contributed by atoms with van der Waals surface area (Å²) in [5, 5.41) is 0. The highest BCUT2D eigenvalue weighted by Gasteiger charge is 2.16. The van der Waals surface area contributed by atoms with Crippen molar-refractivity contribution in [3.8, 4) is 0 Å². The molecule has 1 unspecified atom stereocenters. The molecule has 1 heteroatoms.